The normalized spacial score (nSPS) is 23.3. The second-order valence-electron chi connectivity index (χ2n) is 7.38. The van der Waals surface area contributed by atoms with E-state index in [0.29, 0.717) is 12.6 Å². The van der Waals surface area contributed by atoms with Crippen LogP contribution in [0.4, 0.5) is 15.1 Å². The maximum Gasteiger partial charge on any atom is 0.319 e. The average Bonchev–Trinajstić information content (AvgIpc) is 3.09. The van der Waals surface area contributed by atoms with Crippen LogP contribution in [0.2, 0.25) is 0 Å². The van der Waals surface area contributed by atoms with Gasteiger partial charge in [-0.05, 0) is 25.5 Å². The van der Waals surface area contributed by atoms with Gasteiger partial charge in [0.1, 0.15) is 0 Å². The minimum atomic E-state index is -0.427. The molecule has 2 aliphatic heterocycles. The first-order chi connectivity index (χ1) is 13.5. The smallest absolute Gasteiger partial charge is 0.319 e. The molecule has 2 aliphatic rings. The number of likely N-dealkylation sites (tertiary alicyclic amines) is 1. The van der Waals surface area contributed by atoms with E-state index in [1.165, 1.54) is 12.4 Å². The van der Waals surface area contributed by atoms with Crippen LogP contribution in [0.5, 0.6) is 0 Å². The number of hydrogen-bond acceptors (Lipinski definition) is 7. The number of anilines is 1. The van der Waals surface area contributed by atoms with Gasteiger partial charge in [-0.1, -0.05) is 11.9 Å². The molecule has 3 heterocycles. The molecular formula is C18H29FN6O2S. The molecule has 2 unspecified atom stereocenters. The molecule has 1 aromatic rings. The van der Waals surface area contributed by atoms with Crippen LogP contribution in [0.25, 0.3) is 0 Å². The SMILES string of the molecule is CSNC1CCN(C(=O)N(C)C)C1COC1CCN(c2ncc(F)cn2)CC1. The highest BCUT2D eigenvalue weighted by Gasteiger charge is 2.38. The Kier molecular flexibility index (Phi) is 7.30. The second kappa shape index (κ2) is 9.71. The minimum absolute atomic E-state index is 0.0285. The van der Waals surface area contributed by atoms with Crippen LogP contribution in [0, 0.1) is 5.82 Å². The average molecular weight is 413 g/mol. The van der Waals surface area contributed by atoms with Crippen molar-refractivity contribution in [2.24, 2.45) is 0 Å². The van der Waals surface area contributed by atoms with Crippen molar-refractivity contribution >= 4 is 23.9 Å². The molecule has 0 spiro atoms. The monoisotopic (exact) mass is 412 g/mol. The lowest BCUT2D eigenvalue weighted by Crippen LogP contribution is -2.50. The lowest BCUT2D eigenvalue weighted by Gasteiger charge is -2.34. The molecule has 2 amide bonds. The first-order valence-corrected chi connectivity index (χ1v) is 10.8. The lowest BCUT2D eigenvalue weighted by molar-refractivity contribution is 0.00718. The van der Waals surface area contributed by atoms with Gasteiger partial charge in [0.25, 0.3) is 0 Å². The summed E-state index contributed by atoms with van der Waals surface area (Å²) < 4.78 is 22.6. The predicted molar refractivity (Wildman–Crippen MR) is 108 cm³/mol. The molecule has 0 aliphatic carbocycles. The molecule has 2 atom stereocenters. The number of hydrogen-bond donors (Lipinski definition) is 1. The van der Waals surface area contributed by atoms with Gasteiger partial charge in [0.15, 0.2) is 5.82 Å². The summed E-state index contributed by atoms with van der Waals surface area (Å²) >= 11 is 1.58. The van der Waals surface area contributed by atoms with Crippen molar-refractivity contribution in [3.8, 4) is 0 Å². The molecule has 8 nitrogen and oxygen atoms in total. The van der Waals surface area contributed by atoms with Gasteiger partial charge in [0, 0.05) is 39.8 Å². The molecule has 1 aromatic heterocycles. The van der Waals surface area contributed by atoms with Crippen molar-refractivity contribution in [2.45, 2.75) is 37.5 Å². The molecule has 3 rings (SSSR count). The molecule has 28 heavy (non-hydrogen) atoms. The van der Waals surface area contributed by atoms with Gasteiger partial charge in [0.2, 0.25) is 5.95 Å². The summed E-state index contributed by atoms with van der Waals surface area (Å²) in [6.07, 6.45) is 7.17. The van der Waals surface area contributed by atoms with Gasteiger partial charge < -0.3 is 19.4 Å². The van der Waals surface area contributed by atoms with Gasteiger partial charge in [-0.2, -0.15) is 0 Å². The number of nitrogens with zero attached hydrogens (tertiary/aromatic N) is 5. The van der Waals surface area contributed by atoms with Crippen molar-refractivity contribution in [1.29, 1.82) is 0 Å². The predicted octanol–water partition coefficient (Wildman–Crippen LogP) is 1.59. The number of rotatable bonds is 6. The number of amides is 2. The molecule has 0 radical (unpaired) electrons. The lowest BCUT2D eigenvalue weighted by atomic mass is 10.1. The zero-order valence-electron chi connectivity index (χ0n) is 16.7. The number of aromatic nitrogens is 2. The maximum absolute atomic E-state index is 13.0. The van der Waals surface area contributed by atoms with E-state index in [-0.39, 0.29) is 24.2 Å². The summed E-state index contributed by atoms with van der Waals surface area (Å²) in [6.45, 7) is 2.81. The standard InChI is InChI=1S/C18H29FN6O2S/c1-23(2)18(26)25-9-6-15(22-28-3)16(25)12-27-14-4-7-24(8-5-14)17-20-10-13(19)11-21-17/h10-11,14-16,22H,4-9,12H2,1-3H3. The number of nitrogens with one attached hydrogen (secondary N) is 1. The van der Waals surface area contributed by atoms with E-state index in [9.17, 15) is 9.18 Å². The number of halogens is 1. The highest BCUT2D eigenvalue weighted by atomic mass is 32.2. The van der Waals surface area contributed by atoms with Crippen LogP contribution in [-0.4, -0.2) is 90.6 Å². The fraction of sp³-hybridized carbons (Fsp3) is 0.722. The van der Waals surface area contributed by atoms with Crippen LogP contribution in [0.3, 0.4) is 0 Å². The van der Waals surface area contributed by atoms with E-state index >= 15 is 0 Å². The van der Waals surface area contributed by atoms with Gasteiger partial charge in [-0.25, -0.2) is 19.2 Å². The summed E-state index contributed by atoms with van der Waals surface area (Å²) in [6, 6.07) is 0.287. The Morgan fingerprint density at radius 3 is 2.57 bits per heavy atom. The molecule has 0 bridgehead atoms. The van der Waals surface area contributed by atoms with Gasteiger partial charge in [-0.15, -0.1) is 0 Å². The third-order valence-electron chi connectivity index (χ3n) is 5.28. The van der Waals surface area contributed by atoms with E-state index in [1.54, 1.807) is 30.9 Å². The Morgan fingerprint density at radius 1 is 1.29 bits per heavy atom. The molecule has 1 N–H and O–H groups in total. The third-order valence-corrected chi connectivity index (χ3v) is 5.82. The molecule has 2 saturated heterocycles. The van der Waals surface area contributed by atoms with Gasteiger partial charge >= 0.3 is 6.03 Å². The topological polar surface area (TPSA) is 73.8 Å². The molecule has 10 heteroatoms. The number of ether oxygens (including phenoxy) is 1. The van der Waals surface area contributed by atoms with Crippen LogP contribution in [-0.2, 0) is 4.74 Å². The molecule has 0 aromatic carbocycles. The van der Waals surface area contributed by atoms with Crippen molar-refractivity contribution in [1.82, 2.24) is 24.5 Å². The summed E-state index contributed by atoms with van der Waals surface area (Å²) in [7, 11) is 3.56. The third kappa shape index (κ3) is 5.03. The highest BCUT2D eigenvalue weighted by molar-refractivity contribution is 7.96. The first kappa shape index (κ1) is 21.1. The fourth-order valence-corrected chi connectivity index (χ4v) is 4.35. The van der Waals surface area contributed by atoms with E-state index in [4.69, 9.17) is 4.74 Å². The number of carbonyl (C=O) groups excluding carboxylic acids is 1. The summed E-state index contributed by atoms with van der Waals surface area (Å²) in [4.78, 5) is 26.2. The van der Waals surface area contributed by atoms with Crippen LogP contribution in [0.1, 0.15) is 19.3 Å². The molecular weight excluding hydrogens is 383 g/mol. The number of urea groups is 1. The summed E-state index contributed by atoms with van der Waals surface area (Å²) in [5.74, 6) is 0.131. The second-order valence-corrected chi connectivity index (χ2v) is 8.02. The summed E-state index contributed by atoms with van der Waals surface area (Å²) in [5, 5.41) is 0. The number of carbonyl (C=O) groups is 1. The van der Waals surface area contributed by atoms with E-state index < -0.39 is 5.82 Å². The Morgan fingerprint density at radius 2 is 1.96 bits per heavy atom. The van der Waals surface area contributed by atoms with Crippen molar-refractivity contribution in [3.63, 3.8) is 0 Å². The Bertz CT molecular complexity index is 641. The van der Waals surface area contributed by atoms with Crippen molar-refractivity contribution in [3.05, 3.63) is 18.2 Å². The Labute approximate surface area is 169 Å². The van der Waals surface area contributed by atoms with E-state index in [0.717, 1.165) is 38.9 Å². The van der Waals surface area contributed by atoms with E-state index in [2.05, 4.69) is 19.6 Å². The van der Waals surface area contributed by atoms with Gasteiger partial charge in [-0.3, -0.25) is 4.72 Å². The number of piperidine rings is 1. The first-order valence-electron chi connectivity index (χ1n) is 9.60. The fourth-order valence-electron chi connectivity index (χ4n) is 3.77. The zero-order chi connectivity index (χ0) is 20.1. The molecule has 0 saturated carbocycles. The van der Waals surface area contributed by atoms with E-state index in [1.807, 2.05) is 11.2 Å². The van der Waals surface area contributed by atoms with Crippen molar-refractivity contribution < 1.29 is 13.9 Å². The Balaban J connectivity index is 1.52. The van der Waals surface area contributed by atoms with Crippen LogP contribution < -0.4 is 9.62 Å². The molecule has 2 fully saturated rings. The maximum atomic E-state index is 13.0. The molecule has 156 valence electrons. The van der Waals surface area contributed by atoms with Crippen LogP contribution in [0.15, 0.2) is 12.4 Å². The van der Waals surface area contributed by atoms with Gasteiger partial charge in [0.05, 0.1) is 31.1 Å². The summed E-state index contributed by atoms with van der Waals surface area (Å²) in [5.41, 5.74) is 0. The van der Waals surface area contributed by atoms with Crippen LogP contribution >= 0.6 is 11.9 Å². The van der Waals surface area contributed by atoms with Crippen molar-refractivity contribution in [2.75, 3.05) is 51.5 Å². The Hall–Kier alpha value is -1.65. The largest absolute Gasteiger partial charge is 0.376 e. The highest BCUT2D eigenvalue weighted by Crippen LogP contribution is 2.24. The minimum Gasteiger partial charge on any atom is -0.376 e. The zero-order valence-corrected chi connectivity index (χ0v) is 17.5. The quantitative estimate of drug-likeness (QED) is 0.712.